The normalized spacial score (nSPS) is 22.9. The van der Waals surface area contributed by atoms with Crippen molar-refractivity contribution in [2.24, 2.45) is 11.7 Å². The second-order valence-electron chi connectivity index (χ2n) is 5.62. The standard InChI is InChI=1S/C15H19F3N2O/c1-9-2-4-10(5-3-9)21-11-6-7-12(14(19)20)13(8-11)15(16,17)18/h6-10H,2-5H2,1H3,(H3,19,20). The second-order valence-corrected chi connectivity index (χ2v) is 5.62. The van der Waals surface area contributed by atoms with Crippen molar-refractivity contribution in [2.45, 2.75) is 44.9 Å². The molecular formula is C15H19F3N2O. The SMILES string of the molecule is CC1CCC(Oc2ccc(C(=N)N)c(C(F)(F)F)c2)CC1. The van der Waals surface area contributed by atoms with Crippen LogP contribution in [-0.4, -0.2) is 11.9 Å². The first kappa shape index (κ1) is 15.7. The summed E-state index contributed by atoms with van der Waals surface area (Å²) >= 11 is 0. The van der Waals surface area contributed by atoms with Gasteiger partial charge in [0.15, 0.2) is 0 Å². The third-order valence-corrected chi connectivity index (χ3v) is 3.85. The Morgan fingerprint density at radius 3 is 2.38 bits per heavy atom. The average molecular weight is 300 g/mol. The summed E-state index contributed by atoms with van der Waals surface area (Å²) in [5.41, 5.74) is 3.97. The molecule has 1 aliphatic rings. The first-order chi connectivity index (χ1) is 9.77. The number of nitrogens with one attached hydrogen (secondary N) is 1. The van der Waals surface area contributed by atoms with Gasteiger partial charge < -0.3 is 10.5 Å². The monoisotopic (exact) mass is 300 g/mol. The maximum Gasteiger partial charge on any atom is 0.417 e. The first-order valence-electron chi connectivity index (χ1n) is 6.99. The van der Waals surface area contributed by atoms with Crippen molar-refractivity contribution < 1.29 is 17.9 Å². The zero-order valence-corrected chi connectivity index (χ0v) is 11.8. The van der Waals surface area contributed by atoms with Gasteiger partial charge in [-0.25, -0.2) is 0 Å². The summed E-state index contributed by atoms with van der Waals surface area (Å²) < 4.78 is 44.7. The van der Waals surface area contributed by atoms with E-state index in [1.54, 1.807) is 0 Å². The van der Waals surface area contributed by atoms with Crippen LogP contribution in [0.3, 0.4) is 0 Å². The molecule has 0 unspecified atom stereocenters. The highest BCUT2D eigenvalue weighted by Crippen LogP contribution is 2.35. The van der Waals surface area contributed by atoms with E-state index < -0.39 is 17.6 Å². The van der Waals surface area contributed by atoms with Crippen LogP contribution in [0.5, 0.6) is 5.75 Å². The quantitative estimate of drug-likeness (QED) is 0.656. The molecule has 21 heavy (non-hydrogen) atoms. The fraction of sp³-hybridized carbons (Fsp3) is 0.533. The molecule has 1 saturated carbocycles. The van der Waals surface area contributed by atoms with Crippen LogP contribution in [0, 0.1) is 11.3 Å². The van der Waals surface area contributed by atoms with Crippen molar-refractivity contribution in [3.63, 3.8) is 0 Å². The minimum absolute atomic E-state index is 0.0366. The number of nitrogen functional groups attached to an aromatic ring is 1. The van der Waals surface area contributed by atoms with E-state index in [0.29, 0.717) is 5.92 Å². The zero-order valence-electron chi connectivity index (χ0n) is 11.8. The summed E-state index contributed by atoms with van der Waals surface area (Å²) in [6, 6.07) is 3.59. The maximum absolute atomic E-state index is 13.0. The highest BCUT2D eigenvalue weighted by atomic mass is 19.4. The summed E-state index contributed by atoms with van der Waals surface area (Å²) in [6.45, 7) is 2.17. The number of nitrogens with two attached hydrogens (primary N) is 1. The number of rotatable bonds is 3. The van der Waals surface area contributed by atoms with Gasteiger partial charge in [0.05, 0.1) is 11.7 Å². The molecule has 1 aliphatic carbocycles. The molecule has 0 amide bonds. The largest absolute Gasteiger partial charge is 0.490 e. The number of amidine groups is 1. The topological polar surface area (TPSA) is 59.1 Å². The third-order valence-electron chi connectivity index (χ3n) is 3.85. The number of hydrogen-bond donors (Lipinski definition) is 2. The van der Waals surface area contributed by atoms with Crippen LogP contribution in [0.25, 0.3) is 0 Å². The molecular weight excluding hydrogens is 281 g/mol. The van der Waals surface area contributed by atoms with Gasteiger partial charge in [0, 0.05) is 5.56 Å². The van der Waals surface area contributed by atoms with Gasteiger partial charge in [0.25, 0.3) is 0 Å². The second kappa shape index (κ2) is 5.95. The fourth-order valence-electron chi connectivity index (χ4n) is 2.61. The lowest BCUT2D eigenvalue weighted by Crippen LogP contribution is -2.24. The molecule has 6 heteroatoms. The summed E-state index contributed by atoms with van der Waals surface area (Å²) in [5.74, 6) is 0.239. The number of hydrogen-bond acceptors (Lipinski definition) is 2. The lowest BCUT2D eigenvalue weighted by Gasteiger charge is -2.27. The van der Waals surface area contributed by atoms with Crippen molar-refractivity contribution in [2.75, 3.05) is 0 Å². The van der Waals surface area contributed by atoms with Gasteiger partial charge in [-0.2, -0.15) is 13.2 Å². The first-order valence-corrected chi connectivity index (χ1v) is 6.99. The number of halogens is 3. The van der Waals surface area contributed by atoms with E-state index in [2.05, 4.69) is 6.92 Å². The highest BCUT2D eigenvalue weighted by molar-refractivity contribution is 5.96. The van der Waals surface area contributed by atoms with Crippen LogP contribution >= 0.6 is 0 Å². The molecule has 3 nitrogen and oxygen atoms in total. The average Bonchev–Trinajstić information content (AvgIpc) is 2.40. The Bertz CT molecular complexity index is 520. The molecule has 0 saturated heterocycles. The predicted octanol–water partition coefficient (Wildman–Crippen LogP) is 3.95. The van der Waals surface area contributed by atoms with E-state index in [1.165, 1.54) is 12.1 Å². The van der Waals surface area contributed by atoms with E-state index in [1.807, 2.05) is 0 Å². The van der Waals surface area contributed by atoms with Crippen molar-refractivity contribution in [3.8, 4) is 5.75 Å². The lowest BCUT2D eigenvalue weighted by atomic mass is 9.89. The zero-order chi connectivity index (χ0) is 15.6. The molecule has 0 heterocycles. The molecule has 0 aromatic heterocycles. The van der Waals surface area contributed by atoms with E-state index in [4.69, 9.17) is 15.9 Å². The smallest absolute Gasteiger partial charge is 0.417 e. The molecule has 1 fully saturated rings. The van der Waals surface area contributed by atoms with Crippen molar-refractivity contribution >= 4 is 5.84 Å². The van der Waals surface area contributed by atoms with E-state index in [-0.39, 0.29) is 17.4 Å². The Hall–Kier alpha value is -1.72. The fourth-order valence-corrected chi connectivity index (χ4v) is 2.61. The Morgan fingerprint density at radius 1 is 1.24 bits per heavy atom. The number of benzene rings is 1. The molecule has 1 aromatic carbocycles. The minimum atomic E-state index is -4.55. The van der Waals surface area contributed by atoms with Crippen LogP contribution in [-0.2, 0) is 6.18 Å². The Labute approximate surface area is 121 Å². The van der Waals surface area contributed by atoms with Crippen LogP contribution in [0.2, 0.25) is 0 Å². The van der Waals surface area contributed by atoms with Gasteiger partial charge in [0.2, 0.25) is 0 Å². The molecule has 116 valence electrons. The molecule has 0 aliphatic heterocycles. The van der Waals surface area contributed by atoms with Gasteiger partial charge >= 0.3 is 6.18 Å². The van der Waals surface area contributed by atoms with Gasteiger partial charge in [-0.3, -0.25) is 5.41 Å². The minimum Gasteiger partial charge on any atom is -0.490 e. The summed E-state index contributed by atoms with van der Waals surface area (Å²) in [7, 11) is 0. The molecule has 3 N–H and O–H groups in total. The van der Waals surface area contributed by atoms with Gasteiger partial charge in [0.1, 0.15) is 11.6 Å². The molecule has 2 rings (SSSR count). The van der Waals surface area contributed by atoms with E-state index in [9.17, 15) is 13.2 Å². The van der Waals surface area contributed by atoms with Crippen molar-refractivity contribution in [1.29, 1.82) is 5.41 Å². The highest BCUT2D eigenvalue weighted by Gasteiger charge is 2.35. The summed E-state index contributed by atoms with van der Waals surface area (Å²) in [5, 5.41) is 7.24. The predicted molar refractivity (Wildman–Crippen MR) is 74.5 cm³/mol. The number of ether oxygens (including phenoxy) is 1. The van der Waals surface area contributed by atoms with Crippen molar-refractivity contribution in [1.82, 2.24) is 0 Å². The lowest BCUT2D eigenvalue weighted by molar-refractivity contribution is -0.137. The molecule has 0 bridgehead atoms. The van der Waals surface area contributed by atoms with Gasteiger partial charge in [-0.1, -0.05) is 6.92 Å². The van der Waals surface area contributed by atoms with Gasteiger partial charge in [-0.05, 0) is 49.8 Å². The Balaban J connectivity index is 2.20. The van der Waals surface area contributed by atoms with Crippen LogP contribution in [0.4, 0.5) is 13.2 Å². The summed E-state index contributed by atoms with van der Waals surface area (Å²) in [4.78, 5) is 0. The Morgan fingerprint density at radius 2 is 1.86 bits per heavy atom. The van der Waals surface area contributed by atoms with Crippen LogP contribution in [0.15, 0.2) is 18.2 Å². The maximum atomic E-state index is 13.0. The third kappa shape index (κ3) is 3.89. The van der Waals surface area contributed by atoms with Crippen molar-refractivity contribution in [3.05, 3.63) is 29.3 Å². The molecule has 0 radical (unpaired) electrons. The molecule has 0 atom stereocenters. The number of alkyl halides is 3. The van der Waals surface area contributed by atoms with E-state index >= 15 is 0 Å². The van der Waals surface area contributed by atoms with Crippen LogP contribution in [0.1, 0.15) is 43.7 Å². The molecule has 0 spiro atoms. The molecule has 1 aromatic rings. The Kier molecular flexibility index (Phi) is 4.44. The van der Waals surface area contributed by atoms with E-state index in [0.717, 1.165) is 31.7 Å². The summed E-state index contributed by atoms with van der Waals surface area (Å²) in [6.07, 6.45) is -0.814. The van der Waals surface area contributed by atoms with Gasteiger partial charge in [-0.15, -0.1) is 0 Å². The van der Waals surface area contributed by atoms with Crippen LogP contribution < -0.4 is 10.5 Å².